The van der Waals surface area contributed by atoms with Crippen LogP contribution >= 0.6 is 0 Å². The number of likely N-dealkylation sites (N-methyl/N-ethyl adjacent to an activating group) is 1. The van der Waals surface area contributed by atoms with Gasteiger partial charge in [-0.3, -0.25) is 0 Å². The minimum absolute atomic E-state index is 0.00814. The van der Waals surface area contributed by atoms with Gasteiger partial charge in [-0.15, -0.1) is 0 Å². The highest BCUT2D eigenvalue weighted by Crippen LogP contribution is 2.48. The van der Waals surface area contributed by atoms with Crippen LogP contribution in [0.4, 0.5) is 8.78 Å². The Morgan fingerprint density at radius 1 is 1.58 bits per heavy atom. The number of alkyl halides is 2. The highest BCUT2D eigenvalue weighted by atomic mass is 19.3. The van der Waals surface area contributed by atoms with Crippen LogP contribution in [0.25, 0.3) is 0 Å². The minimum atomic E-state index is -2.43. The molecule has 0 aromatic heterocycles. The van der Waals surface area contributed by atoms with Crippen LogP contribution in [0.3, 0.4) is 0 Å². The Morgan fingerprint density at radius 3 is 2.75 bits per heavy atom. The summed E-state index contributed by atoms with van der Waals surface area (Å²) in [4.78, 5) is 0. The van der Waals surface area contributed by atoms with E-state index in [2.05, 4.69) is 5.32 Å². The third-order valence-electron chi connectivity index (χ3n) is 1.95. The van der Waals surface area contributed by atoms with E-state index in [9.17, 15) is 8.78 Å². The molecule has 2 nitrogen and oxygen atoms in total. The molecule has 1 rings (SSSR count). The standard InChI is InChI=1S/C8H15F2NO/c1-2-11-3-4-12-6-7-5-8(7,9)10/h7,11H,2-6H2,1H3. The predicted octanol–water partition coefficient (Wildman–Crippen LogP) is 1.27. The average molecular weight is 179 g/mol. The molecule has 72 valence electrons. The largest absolute Gasteiger partial charge is 0.380 e. The van der Waals surface area contributed by atoms with Gasteiger partial charge in [-0.2, -0.15) is 0 Å². The Hall–Kier alpha value is -0.220. The van der Waals surface area contributed by atoms with Crippen LogP contribution in [-0.4, -0.2) is 32.2 Å². The molecule has 1 N–H and O–H groups in total. The van der Waals surface area contributed by atoms with Gasteiger partial charge in [-0.25, -0.2) is 8.78 Å². The lowest BCUT2D eigenvalue weighted by molar-refractivity contribution is 0.0557. The first-order chi connectivity index (χ1) is 5.67. The molecule has 0 saturated heterocycles. The van der Waals surface area contributed by atoms with Gasteiger partial charge in [-0.1, -0.05) is 6.92 Å². The molecule has 12 heavy (non-hydrogen) atoms. The third kappa shape index (κ3) is 3.03. The van der Waals surface area contributed by atoms with Crippen LogP contribution in [0.1, 0.15) is 13.3 Å². The lowest BCUT2D eigenvalue weighted by Gasteiger charge is -2.03. The van der Waals surface area contributed by atoms with Crippen LogP contribution in [-0.2, 0) is 4.74 Å². The maximum Gasteiger partial charge on any atom is 0.253 e. The van der Waals surface area contributed by atoms with Crippen molar-refractivity contribution in [3.8, 4) is 0 Å². The van der Waals surface area contributed by atoms with E-state index in [1.54, 1.807) is 0 Å². The van der Waals surface area contributed by atoms with Crippen molar-refractivity contribution in [3.05, 3.63) is 0 Å². The van der Waals surface area contributed by atoms with Crippen molar-refractivity contribution in [2.24, 2.45) is 5.92 Å². The molecule has 4 heteroatoms. The van der Waals surface area contributed by atoms with E-state index in [-0.39, 0.29) is 13.0 Å². The summed E-state index contributed by atoms with van der Waals surface area (Å²) in [5.74, 6) is -2.95. The summed E-state index contributed by atoms with van der Waals surface area (Å²) in [6.45, 7) is 4.37. The summed E-state index contributed by atoms with van der Waals surface area (Å²) < 4.78 is 29.6. The molecule has 0 radical (unpaired) electrons. The fourth-order valence-corrected chi connectivity index (χ4v) is 0.997. The molecule has 1 fully saturated rings. The molecule has 0 spiro atoms. The Bertz CT molecular complexity index is 141. The topological polar surface area (TPSA) is 21.3 Å². The number of halogens is 2. The van der Waals surface area contributed by atoms with Crippen molar-refractivity contribution in [1.82, 2.24) is 5.32 Å². The van der Waals surface area contributed by atoms with E-state index in [4.69, 9.17) is 4.74 Å². The van der Waals surface area contributed by atoms with Gasteiger partial charge in [-0.05, 0) is 6.54 Å². The number of ether oxygens (including phenoxy) is 1. The molecule has 1 atom stereocenters. The Morgan fingerprint density at radius 2 is 2.25 bits per heavy atom. The van der Waals surface area contributed by atoms with Gasteiger partial charge >= 0.3 is 0 Å². The van der Waals surface area contributed by atoms with Gasteiger partial charge in [0.15, 0.2) is 0 Å². The number of hydrogen-bond donors (Lipinski definition) is 1. The van der Waals surface area contributed by atoms with Crippen LogP contribution in [0.15, 0.2) is 0 Å². The first-order valence-corrected chi connectivity index (χ1v) is 4.33. The SMILES string of the molecule is CCNCCOCC1CC1(F)F. The zero-order valence-corrected chi connectivity index (χ0v) is 7.28. The molecule has 0 heterocycles. The van der Waals surface area contributed by atoms with Crippen LogP contribution in [0.5, 0.6) is 0 Å². The highest BCUT2D eigenvalue weighted by Gasteiger charge is 2.56. The van der Waals surface area contributed by atoms with Gasteiger partial charge in [0.1, 0.15) is 0 Å². The van der Waals surface area contributed by atoms with Crippen molar-refractivity contribution in [2.45, 2.75) is 19.3 Å². The molecular weight excluding hydrogens is 164 g/mol. The maximum atomic E-state index is 12.3. The molecule has 0 aromatic carbocycles. The van der Waals surface area contributed by atoms with Gasteiger partial charge in [0.05, 0.1) is 19.1 Å². The van der Waals surface area contributed by atoms with Crippen LogP contribution < -0.4 is 5.32 Å². The quantitative estimate of drug-likeness (QED) is 0.620. The van der Waals surface area contributed by atoms with Crippen LogP contribution in [0, 0.1) is 5.92 Å². The maximum absolute atomic E-state index is 12.3. The van der Waals surface area contributed by atoms with E-state index in [1.807, 2.05) is 6.92 Å². The monoisotopic (exact) mass is 179 g/mol. The second kappa shape index (κ2) is 4.14. The van der Waals surface area contributed by atoms with Crippen molar-refractivity contribution < 1.29 is 13.5 Å². The molecular formula is C8H15F2NO. The molecule has 1 saturated carbocycles. The molecule has 0 bridgehead atoms. The fourth-order valence-electron chi connectivity index (χ4n) is 0.997. The zero-order chi connectivity index (χ0) is 9.03. The Labute approximate surface area is 71.3 Å². The van der Waals surface area contributed by atoms with E-state index in [1.165, 1.54) is 0 Å². The molecule has 1 unspecified atom stereocenters. The fraction of sp³-hybridized carbons (Fsp3) is 1.00. The highest BCUT2D eigenvalue weighted by molar-refractivity contribution is 4.94. The van der Waals surface area contributed by atoms with Crippen molar-refractivity contribution >= 4 is 0 Å². The zero-order valence-electron chi connectivity index (χ0n) is 7.28. The summed E-state index contributed by atoms with van der Waals surface area (Å²) in [5, 5.41) is 3.05. The third-order valence-corrected chi connectivity index (χ3v) is 1.95. The minimum Gasteiger partial charge on any atom is -0.380 e. The Kier molecular flexibility index (Phi) is 3.40. The number of hydrogen-bond acceptors (Lipinski definition) is 2. The first-order valence-electron chi connectivity index (χ1n) is 4.33. The van der Waals surface area contributed by atoms with Gasteiger partial charge in [0.2, 0.25) is 0 Å². The molecule has 0 aliphatic heterocycles. The summed E-state index contributed by atoms with van der Waals surface area (Å²) >= 11 is 0. The van der Waals surface area contributed by atoms with E-state index in [0.717, 1.165) is 13.1 Å². The number of rotatable bonds is 6. The molecule has 1 aliphatic rings. The lowest BCUT2D eigenvalue weighted by Crippen LogP contribution is -2.19. The molecule has 0 aromatic rings. The summed E-state index contributed by atoms with van der Waals surface area (Å²) in [5.41, 5.74) is 0. The summed E-state index contributed by atoms with van der Waals surface area (Å²) in [7, 11) is 0. The van der Waals surface area contributed by atoms with Gasteiger partial charge in [0.25, 0.3) is 5.92 Å². The summed E-state index contributed by atoms with van der Waals surface area (Å²) in [6, 6.07) is 0. The van der Waals surface area contributed by atoms with Crippen molar-refractivity contribution in [2.75, 3.05) is 26.3 Å². The smallest absolute Gasteiger partial charge is 0.253 e. The van der Waals surface area contributed by atoms with E-state index in [0.29, 0.717) is 6.61 Å². The normalized spacial score (nSPS) is 25.8. The van der Waals surface area contributed by atoms with Crippen molar-refractivity contribution in [1.29, 1.82) is 0 Å². The molecule has 0 amide bonds. The van der Waals surface area contributed by atoms with E-state index >= 15 is 0 Å². The average Bonchev–Trinajstić information content (AvgIpc) is 2.59. The lowest BCUT2D eigenvalue weighted by atomic mass is 10.4. The number of nitrogens with one attached hydrogen (secondary N) is 1. The second-order valence-electron chi connectivity index (χ2n) is 3.09. The predicted molar refractivity (Wildman–Crippen MR) is 42.4 cm³/mol. The van der Waals surface area contributed by atoms with Crippen LogP contribution in [0.2, 0.25) is 0 Å². The van der Waals surface area contributed by atoms with Crippen molar-refractivity contribution in [3.63, 3.8) is 0 Å². The van der Waals surface area contributed by atoms with Gasteiger partial charge < -0.3 is 10.1 Å². The second-order valence-corrected chi connectivity index (χ2v) is 3.09. The molecule has 1 aliphatic carbocycles. The summed E-state index contributed by atoms with van der Waals surface area (Å²) in [6.07, 6.45) is 0.00814. The first kappa shape index (κ1) is 9.86. The van der Waals surface area contributed by atoms with Gasteiger partial charge in [0, 0.05) is 13.0 Å². The Balaban J connectivity index is 1.85. The van der Waals surface area contributed by atoms with E-state index < -0.39 is 11.8 Å².